The summed E-state index contributed by atoms with van der Waals surface area (Å²) >= 11 is 0. The molecule has 2 rings (SSSR count). The lowest BCUT2D eigenvalue weighted by atomic mass is 10.2. The zero-order valence-electron chi connectivity index (χ0n) is 12.4. The summed E-state index contributed by atoms with van der Waals surface area (Å²) in [5.41, 5.74) is 6.96. The highest BCUT2D eigenvalue weighted by Crippen LogP contribution is 2.11. The molecule has 1 saturated heterocycles. The van der Waals surface area contributed by atoms with Gasteiger partial charge in [0.05, 0.1) is 6.42 Å². The fraction of sp³-hybridized carbons (Fsp3) is 0.615. The van der Waals surface area contributed by atoms with E-state index in [1.54, 1.807) is 4.68 Å². The molecule has 1 aromatic rings. The van der Waals surface area contributed by atoms with Crippen molar-refractivity contribution in [3.05, 3.63) is 11.8 Å². The Labute approximate surface area is 119 Å². The normalized spacial score (nSPS) is 17.6. The molecule has 0 aromatic carbocycles. The van der Waals surface area contributed by atoms with Crippen molar-refractivity contribution in [2.75, 3.05) is 33.2 Å². The van der Waals surface area contributed by atoms with E-state index in [0.717, 1.165) is 31.9 Å². The van der Waals surface area contributed by atoms with Crippen molar-refractivity contribution in [1.82, 2.24) is 19.6 Å². The van der Waals surface area contributed by atoms with Crippen molar-refractivity contribution in [2.45, 2.75) is 13.3 Å². The maximum absolute atomic E-state index is 8.11. The molecule has 0 atom stereocenters. The number of aryl methyl sites for hydroxylation is 2. The van der Waals surface area contributed by atoms with E-state index >= 15 is 0 Å². The van der Waals surface area contributed by atoms with Gasteiger partial charge in [-0.3, -0.25) is 10.1 Å². The van der Waals surface area contributed by atoms with Crippen LogP contribution < -0.4 is 5.73 Å². The lowest BCUT2D eigenvalue weighted by Gasteiger charge is -2.34. The van der Waals surface area contributed by atoms with Crippen LogP contribution in [-0.4, -0.2) is 64.5 Å². The van der Waals surface area contributed by atoms with Crippen LogP contribution in [0.5, 0.6) is 0 Å². The van der Waals surface area contributed by atoms with Crippen LogP contribution in [0.1, 0.15) is 12.1 Å². The Morgan fingerprint density at radius 1 is 1.35 bits per heavy atom. The molecular weight excluding hydrogens is 254 g/mol. The number of likely N-dealkylation sites (N-methyl/N-ethyl adjacent to an activating group) is 1. The summed E-state index contributed by atoms with van der Waals surface area (Å²) in [4.78, 5) is 8.60. The maximum Gasteiger partial charge on any atom is 0.175 e. The van der Waals surface area contributed by atoms with Crippen molar-refractivity contribution in [2.24, 2.45) is 17.8 Å². The largest absolute Gasteiger partial charge is 0.387 e. The number of nitrogens with zero attached hydrogens (tertiary/aromatic N) is 5. The SMILES string of the molecule is Cc1cc(N=C(N)CC(=N)N2CCN(C)CC2)nn1C. The average molecular weight is 277 g/mol. The summed E-state index contributed by atoms with van der Waals surface area (Å²) in [6, 6.07) is 1.88. The van der Waals surface area contributed by atoms with Crippen LogP contribution in [0, 0.1) is 12.3 Å². The van der Waals surface area contributed by atoms with Gasteiger partial charge in [-0.15, -0.1) is 0 Å². The van der Waals surface area contributed by atoms with E-state index in [4.69, 9.17) is 11.1 Å². The van der Waals surface area contributed by atoms with Gasteiger partial charge >= 0.3 is 0 Å². The third kappa shape index (κ3) is 3.57. The van der Waals surface area contributed by atoms with Crippen molar-refractivity contribution >= 4 is 17.5 Å². The Morgan fingerprint density at radius 2 is 2.00 bits per heavy atom. The Morgan fingerprint density at radius 3 is 2.55 bits per heavy atom. The minimum Gasteiger partial charge on any atom is -0.387 e. The molecule has 1 fully saturated rings. The number of rotatable bonds is 3. The number of hydrogen-bond acceptors (Lipinski definition) is 4. The quantitative estimate of drug-likeness (QED) is 0.616. The second-order valence-electron chi connectivity index (χ2n) is 5.28. The first-order chi connectivity index (χ1) is 9.45. The van der Waals surface area contributed by atoms with Crippen molar-refractivity contribution in [1.29, 1.82) is 5.41 Å². The fourth-order valence-corrected chi connectivity index (χ4v) is 2.14. The van der Waals surface area contributed by atoms with E-state index in [1.807, 2.05) is 20.0 Å². The summed E-state index contributed by atoms with van der Waals surface area (Å²) in [7, 11) is 3.97. The van der Waals surface area contributed by atoms with Crippen molar-refractivity contribution in [3.63, 3.8) is 0 Å². The number of hydrogen-bond donors (Lipinski definition) is 2. The first-order valence-electron chi connectivity index (χ1n) is 6.80. The minimum absolute atomic E-state index is 0.374. The van der Waals surface area contributed by atoms with E-state index in [-0.39, 0.29) is 0 Å². The summed E-state index contributed by atoms with van der Waals surface area (Å²) < 4.78 is 1.76. The second-order valence-corrected chi connectivity index (χ2v) is 5.28. The molecule has 3 N–H and O–H groups in total. The molecule has 20 heavy (non-hydrogen) atoms. The van der Waals surface area contributed by atoms with Crippen LogP contribution in [0.2, 0.25) is 0 Å². The van der Waals surface area contributed by atoms with E-state index in [0.29, 0.717) is 23.9 Å². The standard InChI is InChI=1S/C13H23N7/c1-10-8-13(17-19(10)3)16-11(14)9-12(15)20-6-4-18(2)5-7-20/h8,15H,4-7,9H2,1-3H3,(H2,14,16,17). The predicted octanol–water partition coefficient (Wildman–Crippen LogP) is 0.332. The van der Waals surface area contributed by atoms with Gasteiger partial charge in [-0.05, 0) is 14.0 Å². The van der Waals surface area contributed by atoms with Gasteiger partial charge in [-0.25, -0.2) is 4.99 Å². The molecule has 0 saturated carbocycles. The Balaban J connectivity index is 1.93. The molecule has 1 aliphatic rings. The molecule has 0 aliphatic carbocycles. The van der Waals surface area contributed by atoms with Gasteiger partial charge in [0.1, 0.15) is 11.7 Å². The molecule has 7 nitrogen and oxygen atoms in total. The number of nitrogens with one attached hydrogen (secondary N) is 1. The summed E-state index contributed by atoms with van der Waals surface area (Å²) in [5.74, 6) is 1.58. The highest BCUT2D eigenvalue weighted by atomic mass is 15.3. The monoisotopic (exact) mass is 277 g/mol. The molecule has 0 spiro atoms. The van der Waals surface area contributed by atoms with Crippen LogP contribution in [0.4, 0.5) is 5.82 Å². The Bertz CT molecular complexity index is 489. The summed E-state index contributed by atoms with van der Waals surface area (Å²) in [6.07, 6.45) is 0.374. The zero-order valence-corrected chi connectivity index (χ0v) is 12.4. The average Bonchev–Trinajstić information content (AvgIpc) is 2.68. The molecule has 110 valence electrons. The molecule has 1 aromatic heterocycles. The van der Waals surface area contributed by atoms with Crippen LogP contribution in [-0.2, 0) is 7.05 Å². The number of amidine groups is 2. The van der Waals surface area contributed by atoms with Gasteiger partial charge in [-0.2, -0.15) is 5.10 Å². The van der Waals surface area contributed by atoms with Gasteiger partial charge in [0.2, 0.25) is 0 Å². The van der Waals surface area contributed by atoms with Crippen LogP contribution >= 0.6 is 0 Å². The van der Waals surface area contributed by atoms with E-state index in [2.05, 4.69) is 26.9 Å². The van der Waals surface area contributed by atoms with E-state index in [1.165, 1.54) is 0 Å². The second kappa shape index (κ2) is 6.04. The summed E-state index contributed by atoms with van der Waals surface area (Å²) in [6.45, 7) is 5.70. The first kappa shape index (κ1) is 14.5. The highest BCUT2D eigenvalue weighted by Gasteiger charge is 2.17. The smallest absolute Gasteiger partial charge is 0.175 e. The minimum atomic E-state index is 0.374. The van der Waals surface area contributed by atoms with Gasteiger partial charge in [0.25, 0.3) is 0 Å². The van der Waals surface area contributed by atoms with Gasteiger partial charge in [0, 0.05) is 45.0 Å². The molecule has 1 aliphatic heterocycles. The lowest BCUT2D eigenvalue weighted by molar-refractivity contribution is 0.213. The third-order valence-corrected chi connectivity index (χ3v) is 3.59. The van der Waals surface area contributed by atoms with Crippen molar-refractivity contribution in [3.8, 4) is 0 Å². The zero-order chi connectivity index (χ0) is 14.7. The number of aliphatic imine (C=N–C) groups is 1. The third-order valence-electron chi connectivity index (χ3n) is 3.59. The Hall–Kier alpha value is -1.89. The molecule has 7 heteroatoms. The predicted molar refractivity (Wildman–Crippen MR) is 80.6 cm³/mol. The highest BCUT2D eigenvalue weighted by molar-refractivity contribution is 6.01. The van der Waals surface area contributed by atoms with Crippen LogP contribution in [0.25, 0.3) is 0 Å². The van der Waals surface area contributed by atoms with Gasteiger partial charge in [0.15, 0.2) is 5.82 Å². The van der Waals surface area contributed by atoms with E-state index in [9.17, 15) is 0 Å². The molecule has 0 radical (unpaired) electrons. The maximum atomic E-state index is 8.11. The van der Waals surface area contributed by atoms with Crippen LogP contribution in [0.15, 0.2) is 11.1 Å². The van der Waals surface area contributed by atoms with Gasteiger partial charge in [-0.1, -0.05) is 0 Å². The van der Waals surface area contributed by atoms with E-state index < -0.39 is 0 Å². The molecule has 0 bridgehead atoms. The lowest BCUT2D eigenvalue weighted by Crippen LogP contribution is -2.47. The van der Waals surface area contributed by atoms with Gasteiger partial charge < -0.3 is 15.5 Å². The number of piperazine rings is 1. The Kier molecular flexibility index (Phi) is 4.39. The molecule has 0 unspecified atom stereocenters. The number of aromatic nitrogens is 2. The topological polar surface area (TPSA) is 86.5 Å². The fourth-order valence-electron chi connectivity index (χ4n) is 2.14. The van der Waals surface area contributed by atoms with Crippen molar-refractivity contribution < 1.29 is 0 Å². The first-order valence-corrected chi connectivity index (χ1v) is 6.80. The molecule has 2 heterocycles. The molecule has 0 amide bonds. The number of nitrogens with two attached hydrogens (primary N) is 1. The summed E-state index contributed by atoms with van der Waals surface area (Å²) in [5, 5.41) is 12.4. The molecular formula is C13H23N7. The van der Waals surface area contributed by atoms with Crippen LogP contribution in [0.3, 0.4) is 0 Å².